The van der Waals surface area contributed by atoms with Crippen molar-refractivity contribution in [1.29, 1.82) is 0 Å². The van der Waals surface area contributed by atoms with Crippen LogP contribution in [-0.4, -0.2) is 0 Å². The molecule has 140 valence electrons. The maximum atomic E-state index is 5.58. The predicted molar refractivity (Wildman–Crippen MR) is 119 cm³/mol. The van der Waals surface area contributed by atoms with Crippen LogP contribution in [0.4, 0.5) is 5.69 Å². The summed E-state index contributed by atoms with van der Waals surface area (Å²) in [6.07, 6.45) is 0. The van der Waals surface area contributed by atoms with Gasteiger partial charge in [0.1, 0.15) is 0 Å². The summed E-state index contributed by atoms with van der Waals surface area (Å²) >= 11 is -2.06. The van der Waals surface area contributed by atoms with Gasteiger partial charge in [0.15, 0.2) is 0 Å². The molecule has 0 aliphatic carbocycles. The van der Waals surface area contributed by atoms with Crippen molar-refractivity contribution in [3.63, 3.8) is 0 Å². The van der Waals surface area contributed by atoms with E-state index in [1.54, 1.807) is 0 Å². The molecule has 0 fully saturated rings. The molecule has 0 saturated heterocycles. The number of benzene rings is 3. The van der Waals surface area contributed by atoms with Gasteiger partial charge in [-0.2, -0.15) is 35.0 Å². The van der Waals surface area contributed by atoms with E-state index in [9.17, 15) is 0 Å². The third kappa shape index (κ3) is 6.54. The minimum atomic E-state index is -2.06. The summed E-state index contributed by atoms with van der Waals surface area (Å²) in [6.45, 7) is 0. The van der Waals surface area contributed by atoms with E-state index in [0.717, 1.165) is 5.69 Å². The molecule has 0 saturated carbocycles. The van der Waals surface area contributed by atoms with Crippen LogP contribution in [0.25, 0.3) is 21.5 Å². The van der Waals surface area contributed by atoms with Gasteiger partial charge >= 0.3 is 73.6 Å². The zero-order valence-corrected chi connectivity index (χ0v) is 18.2. The second-order valence-corrected chi connectivity index (χ2v) is 10.8. The average Bonchev–Trinajstić information content (AvgIpc) is 3.38. The largest absolute Gasteiger partial charge is 0.168 e. The molecule has 0 atom stereocenters. The molecule has 0 aromatic heterocycles. The third-order valence-electron chi connectivity index (χ3n) is 4.06. The molecule has 28 heavy (non-hydrogen) atoms. The van der Waals surface area contributed by atoms with Crippen LogP contribution in [0.15, 0.2) is 119 Å². The standard InChI is InChI=1S/2C9H7.C6H5N.2ClH.Ti/c2*1-2-5-9-7-3-6-8(9)4-1;7-6-4-2-1-3-5-6;;;/h2*1-7H;1-5H;2*1H;/q2*-1;;;;+2/p-2. The molecule has 5 aromatic rings. The van der Waals surface area contributed by atoms with Gasteiger partial charge < -0.3 is 0 Å². The summed E-state index contributed by atoms with van der Waals surface area (Å²) in [6, 6.07) is 38.9. The molecule has 0 radical (unpaired) electrons. The summed E-state index contributed by atoms with van der Waals surface area (Å²) in [4.78, 5) is 0. The normalized spacial score (nSPS) is 9.79. The van der Waals surface area contributed by atoms with Crippen molar-refractivity contribution < 1.29 is 15.6 Å². The third-order valence-corrected chi connectivity index (χ3v) is 5.43. The average molecular weight is 440 g/mol. The molecule has 0 heterocycles. The second kappa shape index (κ2) is 11.1. The topological polar surface area (TPSA) is 12.4 Å². The molecule has 1 nitrogen and oxygen atoms in total. The fourth-order valence-corrected chi connectivity index (χ4v) is 4.08. The van der Waals surface area contributed by atoms with E-state index < -0.39 is 15.6 Å². The molecule has 5 aromatic carbocycles. The maximum Gasteiger partial charge on any atom is -0.0809 e. The monoisotopic (exact) mass is 439 g/mol. The van der Waals surface area contributed by atoms with Crippen molar-refractivity contribution >= 4 is 45.8 Å². The van der Waals surface area contributed by atoms with Gasteiger partial charge in [-0.25, -0.2) is 0 Å². The van der Waals surface area contributed by atoms with E-state index in [0.29, 0.717) is 0 Å². The molecule has 5 rings (SSSR count). The number of rotatable bonds is 1. The first-order chi connectivity index (χ1) is 13.7. The number of hydrogen-bond donors (Lipinski definition) is 0. The Labute approximate surface area is 179 Å². The molecule has 0 aliphatic rings. The van der Waals surface area contributed by atoms with Gasteiger partial charge in [-0.05, 0) is 0 Å². The van der Waals surface area contributed by atoms with E-state index >= 15 is 0 Å². The van der Waals surface area contributed by atoms with E-state index in [1.165, 1.54) is 21.5 Å². The Balaban J connectivity index is 0.000000121. The van der Waals surface area contributed by atoms with Gasteiger partial charge in [-0.3, -0.25) is 0 Å². The Hall–Kier alpha value is -2.03. The Morgan fingerprint density at radius 3 is 1.50 bits per heavy atom. The van der Waals surface area contributed by atoms with Gasteiger partial charge in [0.05, 0.1) is 0 Å². The van der Waals surface area contributed by atoms with Crippen LogP contribution in [0.1, 0.15) is 0 Å². The minimum Gasteiger partial charge on any atom is -0.168 e. The molecular formula is C24H19Cl2NTi-2. The number of nitrogens with zero attached hydrogens (tertiary/aromatic N) is 1. The fourth-order valence-electron chi connectivity index (χ4n) is 2.74. The molecule has 0 spiro atoms. The molecule has 0 amide bonds. The van der Waals surface area contributed by atoms with Crippen LogP contribution in [0.3, 0.4) is 0 Å². The van der Waals surface area contributed by atoms with Crippen LogP contribution < -0.4 is 0 Å². The van der Waals surface area contributed by atoms with Gasteiger partial charge in [0, 0.05) is 0 Å². The van der Waals surface area contributed by atoms with E-state index in [4.69, 9.17) is 18.6 Å². The van der Waals surface area contributed by atoms with Crippen molar-refractivity contribution in [1.82, 2.24) is 0 Å². The van der Waals surface area contributed by atoms with Crippen molar-refractivity contribution in [3.05, 3.63) is 115 Å². The summed E-state index contributed by atoms with van der Waals surface area (Å²) in [5, 5.41) is 5.32. The molecule has 0 bridgehead atoms. The van der Waals surface area contributed by atoms with Gasteiger partial charge in [-0.15, -0.1) is 59.3 Å². The van der Waals surface area contributed by atoms with Gasteiger partial charge in [-0.1, -0.05) is 12.1 Å². The quantitative estimate of drug-likeness (QED) is 0.183. The van der Waals surface area contributed by atoms with Crippen LogP contribution in [-0.2, 0) is 15.6 Å². The Kier molecular flexibility index (Phi) is 8.20. The van der Waals surface area contributed by atoms with Crippen LogP contribution in [0.5, 0.6) is 0 Å². The Morgan fingerprint density at radius 2 is 1.04 bits per heavy atom. The molecule has 0 N–H and O–H groups in total. The molecule has 0 unspecified atom stereocenters. The molecular weight excluding hydrogens is 421 g/mol. The zero-order valence-electron chi connectivity index (χ0n) is 15.2. The van der Waals surface area contributed by atoms with Crippen molar-refractivity contribution in [3.8, 4) is 0 Å². The van der Waals surface area contributed by atoms with Crippen molar-refractivity contribution in [2.24, 2.45) is 3.42 Å². The van der Waals surface area contributed by atoms with Crippen LogP contribution in [0, 0.1) is 0 Å². The Morgan fingerprint density at radius 1 is 0.571 bits per heavy atom. The summed E-state index contributed by atoms with van der Waals surface area (Å²) in [5.41, 5.74) is 0.877. The molecule has 4 heteroatoms. The maximum absolute atomic E-state index is 5.58. The van der Waals surface area contributed by atoms with E-state index in [2.05, 4.69) is 88.3 Å². The van der Waals surface area contributed by atoms with Crippen molar-refractivity contribution in [2.75, 3.05) is 0 Å². The first-order valence-electron chi connectivity index (χ1n) is 8.88. The van der Waals surface area contributed by atoms with Crippen molar-refractivity contribution in [2.45, 2.75) is 0 Å². The first kappa shape index (κ1) is 20.7. The first-order valence-corrected chi connectivity index (χ1v) is 13.9. The minimum absolute atomic E-state index is 0.877. The van der Waals surface area contributed by atoms with E-state index in [-0.39, 0.29) is 0 Å². The number of halogens is 2. The number of fused-ring (bicyclic) bond motifs is 2. The SMILES string of the molecule is [Cl][Ti]([Cl])=[N]c1ccccc1.c1ccc2[cH-]ccc2c1.c1ccc2[cH-]ccc2c1. The van der Waals surface area contributed by atoms with Crippen LogP contribution in [0.2, 0.25) is 0 Å². The van der Waals surface area contributed by atoms with Crippen LogP contribution >= 0.6 is 18.6 Å². The fraction of sp³-hybridized carbons (Fsp3) is 0. The van der Waals surface area contributed by atoms with E-state index in [1.807, 2.05) is 30.3 Å². The van der Waals surface area contributed by atoms with Gasteiger partial charge in [0.25, 0.3) is 0 Å². The summed E-state index contributed by atoms with van der Waals surface area (Å²) in [7, 11) is 11.2. The summed E-state index contributed by atoms with van der Waals surface area (Å²) < 4.78 is 4.06. The number of hydrogen-bond acceptors (Lipinski definition) is 1. The second-order valence-electron chi connectivity index (χ2n) is 6.00. The molecule has 0 aliphatic heterocycles. The van der Waals surface area contributed by atoms with Gasteiger partial charge in [0.2, 0.25) is 0 Å². The Bertz CT molecular complexity index is 1010. The summed E-state index contributed by atoms with van der Waals surface area (Å²) in [5.74, 6) is 0. The zero-order chi connectivity index (χ0) is 19.6. The smallest absolute Gasteiger partial charge is 0.0809 e. The predicted octanol–water partition coefficient (Wildman–Crippen LogP) is 8.54.